The van der Waals surface area contributed by atoms with E-state index in [1.807, 2.05) is 6.07 Å². The van der Waals surface area contributed by atoms with Crippen LogP contribution in [0.2, 0.25) is 0 Å². The first-order chi connectivity index (χ1) is 16.3. The molecule has 1 amide bonds. The van der Waals surface area contributed by atoms with Gasteiger partial charge < -0.3 is 15.8 Å². The van der Waals surface area contributed by atoms with Crippen LogP contribution in [0.3, 0.4) is 0 Å². The third-order valence-electron chi connectivity index (χ3n) is 4.97. The van der Waals surface area contributed by atoms with Gasteiger partial charge in [-0.25, -0.2) is 4.79 Å². The predicted molar refractivity (Wildman–Crippen MR) is 127 cm³/mol. The van der Waals surface area contributed by atoms with Gasteiger partial charge in [-0.3, -0.25) is 28.3 Å². The number of aromatic nitrogens is 2. The van der Waals surface area contributed by atoms with E-state index in [2.05, 4.69) is 5.32 Å². The third kappa shape index (κ3) is 5.67. The number of nitrogens with zero attached hydrogens (tertiary/aromatic N) is 2. The van der Waals surface area contributed by atoms with E-state index in [0.717, 1.165) is 14.7 Å². The van der Waals surface area contributed by atoms with Crippen LogP contribution in [-0.2, 0) is 22.6 Å². The zero-order valence-electron chi connectivity index (χ0n) is 18.5. The van der Waals surface area contributed by atoms with Gasteiger partial charge >= 0.3 is 11.7 Å². The maximum absolute atomic E-state index is 12.8. The van der Waals surface area contributed by atoms with E-state index in [9.17, 15) is 24.0 Å². The Bertz CT molecular complexity index is 1300. The predicted octanol–water partition coefficient (Wildman–Crippen LogP) is 1.27. The molecule has 2 aromatic heterocycles. The van der Waals surface area contributed by atoms with Gasteiger partial charge in [0.05, 0.1) is 17.8 Å². The van der Waals surface area contributed by atoms with E-state index in [1.54, 1.807) is 48.7 Å². The van der Waals surface area contributed by atoms with E-state index in [4.69, 9.17) is 10.5 Å². The number of thiophene rings is 1. The van der Waals surface area contributed by atoms with Crippen LogP contribution in [0.25, 0.3) is 0 Å². The van der Waals surface area contributed by atoms with E-state index in [-0.39, 0.29) is 37.8 Å². The summed E-state index contributed by atoms with van der Waals surface area (Å²) in [5, 5.41) is 4.34. The van der Waals surface area contributed by atoms with Crippen molar-refractivity contribution in [3.63, 3.8) is 0 Å². The first kappa shape index (κ1) is 24.6. The molecule has 3 aromatic rings. The van der Waals surface area contributed by atoms with Crippen molar-refractivity contribution in [3.8, 4) is 0 Å². The highest BCUT2D eigenvalue weighted by Crippen LogP contribution is 2.10. The molecule has 0 spiro atoms. The summed E-state index contributed by atoms with van der Waals surface area (Å²) in [5.41, 5.74) is 4.95. The van der Waals surface area contributed by atoms with Crippen molar-refractivity contribution in [3.05, 3.63) is 84.7 Å². The van der Waals surface area contributed by atoms with Crippen molar-refractivity contribution in [2.45, 2.75) is 26.4 Å². The summed E-state index contributed by atoms with van der Waals surface area (Å²) in [6, 6.07) is 12.4. The minimum atomic E-state index is -0.835. The van der Waals surface area contributed by atoms with Gasteiger partial charge in [0.15, 0.2) is 6.61 Å². The third-order valence-corrected chi connectivity index (χ3v) is 5.84. The number of esters is 1. The summed E-state index contributed by atoms with van der Waals surface area (Å²) in [6.45, 7) is 1.01. The Balaban J connectivity index is 1.69. The minimum absolute atomic E-state index is 0.0243. The maximum atomic E-state index is 12.8. The number of ketones is 1. The van der Waals surface area contributed by atoms with Gasteiger partial charge in [0.25, 0.3) is 11.5 Å². The standard InChI is InChI=1S/C23H24N4O6S/c1-2-26-22(31)19(20(24)27(23(26)32)13-15-7-4-3-5-8-15)16(28)14-33-18(29)10-11-25-21(30)17-9-6-12-34-17/h3-9,12H,2,10-11,13-14,24H2,1H3,(H,25,30). The fourth-order valence-electron chi connectivity index (χ4n) is 3.24. The van der Waals surface area contributed by atoms with E-state index >= 15 is 0 Å². The van der Waals surface area contributed by atoms with Crippen LogP contribution >= 0.6 is 11.3 Å². The van der Waals surface area contributed by atoms with Gasteiger partial charge in [0, 0.05) is 13.1 Å². The van der Waals surface area contributed by atoms with Crippen molar-refractivity contribution in [2.24, 2.45) is 0 Å². The summed E-state index contributed by atoms with van der Waals surface area (Å²) < 4.78 is 7.03. The van der Waals surface area contributed by atoms with E-state index < -0.39 is 35.2 Å². The molecule has 178 valence electrons. The second kappa shape index (κ2) is 11.2. The first-order valence-electron chi connectivity index (χ1n) is 10.5. The van der Waals surface area contributed by atoms with E-state index in [0.29, 0.717) is 4.88 Å². The summed E-state index contributed by atoms with van der Waals surface area (Å²) in [6.07, 6.45) is -0.160. The van der Waals surface area contributed by atoms with Gasteiger partial charge in [-0.15, -0.1) is 11.3 Å². The molecule has 0 aliphatic heterocycles. The molecule has 0 saturated carbocycles. The number of ether oxygens (including phenoxy) is 1. The molecule has 0 aliphatic carbocycles. The monoisotopic (exact) mass is 484 g/mol. The Kier molecular flexibility index (Phi) is 8.14. The van der Waals surface area contributed by atoms with Crippen LogP contribution in [-0.4, -0.2) is 39.9 Å². The molecule has 11 heteroatoms. The summed E-state index contributed by atoms with van der Waals surface area (Å²) in [7, 11) is 0. The van der Waals surface area contributed by atoms with Crippen LogP contribution in [0.15, 0.2) is 57.4 Å². The zero-order chi connectivity index (χ0) is 24.7. The average Bonchev–Trinajstić information content (AvgIpc) is 3.37. The molecule has 0 unspecified atom stereocenters. The van der Waals surface area contributed by atoms with Gasteiger partial charge in [-0.05, 0) is 23.9 Å². The lowest BCUT2D eigenvalue weighted by Crippen LogP contribution is -2.44. The molecule has 0 aliphatic rings. The number of Topliss-reactive ketones (excluding diaryl/α,β-unsaturated/α-hetero) is 1. The van der Waals surface area contributed by atoms with Crippen LogP contribution in [0, 0.1) is 0 Å². The molecule has 0 bridgehead atoms. The number of carbonyl (C=O) groups is 3. The Morgan fingerprint density at radius 3 is 2.44 bits per heavy atom. The maximum Gasteiger partial charge on any atom is 0.332 e. The number of hydrogen-bond donors (Lipinski definition) is 2. The van der Waals surface area contributed by atoms with Gasteiger partial charge in [0.1, 0.15) is 11.4 Å². The Morgan fingerprint density at radius 2 is 1.79 bits per heavy atom. The number of nitrogens with two attached hydrogens (primary N) is 1. The quantitative estimate of drug-likeness (QED) is 0.326. The number of anilines is 1. The molecule has 2 heterocycles. The molecule has 3 N–H and O–H groups in total. The molecule has 34 heavy (non-hydrogen) atoms. The van der Waals surface area contributed by atoms with Crippen LogP contribution < -0.4 is 22.3 Å². The summed E-state index contributed by atoms with van der Waals surface area (Å²) in [5.74, 6) is -2.14. The number of nitrogens with one attached hydrogen (secondary N) is 1. The fourth-order valence-corrected chi connectivity index (χ4v) is 3.88. The molecule has 10 nitrogen and oxygen atoms in total. The number of rotatable bonds is 10. The largest absolute Gasteiger partial charge is 0.457 e. The summed E-state index contributed by atoms with van der Waals surface area (Å²) >= 11 is 1.27. The number of carbonyl (C=O) groups excluding carboxylic acids is 3. The highest BCUT2D eigenvalue weighted by atomic mass is 32.1. The van der Waals surface area contributed by atoms with Gasteiger partial charge in [-0.1, -0.05) is 36.4 Å². The molecule has 3 rings (SSSR count). The SMILES string of the molecule is CCn1c(=O)c(C(=O)COC(=O)CCNC(=O)c2cccs2)c(N)n(Cc2ccccc2)c1=O. The minimum Gasteiger partial charge on any atom is -0.457 e. The lowest BCUT2D eigenvalue weighted by molar-refractivity contribution is -0.142. The van der Waals surface area contributed by atoms with Gasteiger partial charge in [0.2, 0.25) is 5.78 Å². The fraction of sp³-hybridized carbons (Fsp3) is 0.261. The Labute approximate surface area is 198 Å². The number of amides is 1. The second-order valence-electron chi connectivity index (χ2n) is 7.23. The van der Waals surface area contributed by atoms with Crippen molar-refractivity contribution in [2.75, 3.05) is 18.9 Å². The normalized spacial score (nSPS) is 10.6. The van der Waals surface area contributed by atoms with Crippen molar-refractivity contribution < 1.29 is 19.1 Å². The molecular weight excluding hydrogens is 460 g/mol. The van der Waals surface area contributed by atoms with Crippen molar-refractivity contribution >= 4 is 34.8 Å². The molecule has 0 radical (unpaired) electrons. The molecular formula is C23H24N4O6S. The van der Waals surface area contributed by atoms with Gasteiger partial charge in [-0.2, -0.15) is 0 Å². The number of hydrogen-bond acceptors (Lipinski definition) is 8. The lowest BCUT2D eigenvalue weighted by Gasteiger charge is -2.16. The number of benzene rings is 1. The molecule has 1 aromatic carbocycles. The van der Waals surface area contributed by atoms with Crippen LogP contribution in [0.5, 0.6) is 0 Å². The first-order valence-corrected chi connectivity index (χ1v) is 11.4. The second-order valence-corrected chi connectivity index (χ2v) is 8.18. The zero-order valence-corrected chi connectivity index (χ0v) is 19.3. The molecule has 0 atom stereocenters. The lowest BCUT2D eigenvalue weighted by atomic mass is 10.2. The highest BCUT2D eigenvalue weighted by molar-refractivity contribution is 7.12. The molecule has 0 saturated heterocycles. The van der Waals surface area contributed by atoms with E-state index in [1.165, 1.54) is 11.3 Å². The Hall–Kier alpha value is -3.99. The van der Waals surface area contributed by atoms with Crippen LogP contribution in [0.4, 0.5) is 5.82 Å². The summed E-state index contributed by atoms with van der Waals surface area (Å²) in [4.78, 5) is 62.7. The Morgan fingerprint density at radius 1 is 1.06 bits per heavy atom. The average molecular weight is 485 g/mol. The van der Waals surface area contributed by atoms with Crippen molar-refractivity contribution in [1.82, 2.24) is 14.5 Å². The smallest absolute Gasteiger partial charge is 0.332 e. The molecule has 0 fully saturated rings. The topological polar surface area (TPSA) is 142 Å². The van der Waals surface area contributed by atoms with Crippen LogP contribution in [0.1, 0.15) is 38.9 Å². The highest BCUT2D eigenvalue weighted by Gasteiger charge is 2.23. The van der Waals surface area contributed by atoms with Crippen molar-refractivity contribution in [1.29, 1.82) is 0 Å². The number of nitrogen functional groups attached to an aromatic ring is 1.